The number of hydrogen-bond acceptors (Lipinski definition) is 5. The highest BCUT2D eigenvalue weighted by Gasteiger charge is 2.22. The zero-order chi connectivity index (χ0) is 45.8. The number of furan rings is 1. The lowest BCUT2D eigenvalue weighted by Gasteiger charge is -2.13. The summed E-state index contributed by atoms with van der Waals surface area (Å²) >= 11 is 1.79. The number of benzene rings is 9. The van der Waals surface area contributed by atoms with Gasteiger partial charge in [-0.3, -0.25) is 0 Å². The van der Waals surface area contributed by atoms with E-state index in [1.165, 1.54) is 20.2 Å². The molecule has 13 aromatic rings. The molecule has 0 unspecified atom stereocenters. The second-order valence-electron chi connectivity index (χ2n) is 15.6. The Morgan fingerprint density at radius 1 is 0.429 bits per heavy atom. The van der Waals surface area contributed by atoms with Crippen molar-refractivity contribution in [2.45, 2.75) is 0 Å². The molecule has 0 N–H and O–H groups in total. The van der Waals surface area contributed by atoms with Gasteiger partial charge in [-0.1, -0.05) is 158 Å². The fourth-order valence-corrected chi connectivity index (χ4v) is 10.3. The largest absolute Gasteiger partial charge is 0.455 e. The van der Waals surface area contributed by atoms with Gasteiger partial charge in [-0.05, 0) is 70.8 Å². The SMILES string of the molecule is [2H]c1c([2H])c([2H])c(-c2ccc3c(c2)oc2c(-c4nc(-c5ccccc5)nc(-c5cccc(-c6cccc7c6sc6ccccc67)c5)n4)cc(-n4c5ccccc5c5ccccc54)cc23)c([2H])c1[2H]. The molecule has 0 aliphatic heterocycles. The quantitative estimate of drug-likeness (QED) is 0.168. The van der Waals surface area contributed by atoms with Crippen LogP contribution in [0.3, 0.4) is 0 Å². The van der Waals surface area contributed by atoms with Crippen LogP contribution in [-0.4, -0.2) is 19.5 Å². The Bertz CT molecular complexity index is 4150. The van der Waals surface area contributed by atoms with E-state index in [0.29, 0.717) is 39.8 Å². The molecule has 0 aliphatic rings. The number of para-hydroxylation sites is 2. The van der Waals surface area contributed by atoms with Crippen molar-refractivity contribution in [3.63, 3.8) is 0 Å². The first-order valence-corrected chi connectivity index (χ1v) is 21.5. The maximum Gasteiger partial charge on any atom is 0.167 e. The van der Waals surface area contributed by atoms with Crippen LogP contribution in [0.1, 0.15) is 6.85 Å². The van der Waals surface area contributed by atoms with Crippen molar-refractivity contribution in [3.8, 4) is 62.1 Å². The normalized spacial score (nSPS) is 12.9. The predicted octanol–water partition coefficient (Wildman–Crippen LogP) is 15.6. The van der Waals surface area contributed by atoms with Gasteiger partial charge in [0.1, 0.15) is 11.2 Å². The number of rotatable bonds is 6. The molecule has 0 atom stereocenters. The molecule has 9 aromatic carbocycles. The van der Waals surface area contributed by atoms with Gasteiger partial charge in [0.15, 0.2) is 17.5 Å². The molecule has 0 saturated carbocycles. The fraction of sp³-hybridized carbons (Fsp3) is 0. The summed E-state index contributed by atoms with van der Waals surface area (Å²) in [4.78, 5) is 15.7. The van der Waals surface area contributed by atoms with Gasteiger partial charge in [0.25, 0.3) is 0 Å². The Labute approximate surface area is 372 Å². The molecule has 0 bridgehead atoms. The van der Waals surface area contributed by atoms with Gasteiger partial charge in [0, 0.05) is 58.5 Å². The molecule has 0 aliphatic carbocycles. The molecule has 0 saturated heterocycles. The van der Waals surface area contributed by atoms with Crippen molar-refractivity contribution in [2.75, 3.05) is 0 Å². The Balaban J connectivity index is 1.07. The first-order valence-electron chi connectivity index (χ1n) is 23.2. The molecule has 0 fully saturated rings. The molecule has 5 nitrogen and oxygen atoms in total. The van der Waals surface area contributed by atoms with Gasteiger partial charge in [0.2, 0.25) is 0 Å². The second kappa shape index (κ2) is 14.2. The number of aromatic nitrogens is 4. The van der Waals surface area contributed by atoms with Gasteiger partial charge >= 0.3 is 0 Å². The summed E-state index contributed by atoms with van der Waals surface area (Å²) in [7, 11) is 0. The first kappa shape index (κ1) is 30.8. The smallest absolute Gasteiger partial charge is 0.167 e. The summed E-state index contributed by atoms with van der Waals surface area (Å²) in [6, 6.07) is 57.8. The van der Waals surface area contributed by atoms with Crippen LogP contribution in [0.25, 0.3) is 126 Å². The Morgan fingerprint density at radius 3 is 1.89 bits per heavy atom. The molecular weight excluding hydrogens is 789 g/mol. The molecule has 13 rings (SSSR count). The van der Waals surface area contributed by atoms with Crippen molar-refractivity contribution >= 4 is 75.3 Å². The summed E-state index contributed by atoms with van der Waals surface area (Å²) in [5.41, 5.74) is 8.94. The average molecular weight is 828 g/mol. The Hall–Kier alpha value is -8.19. The number of nitrogens with zero attached hydrogens (tertiary/aromatic N) is 4. The zero-order valence-electron chi connectivity index (χ0n) is 38.3. The van der Waals surface area contributed by atoms with Crippen LogP contribution in [0, 0.1) is 0 Å². The van der Waals surface area contributed by atoms with Crippen LogP contribution in [0.15, 0.2) is 211 Å². The molecule has 0 amide bonds. The summed E-state index contributed by atoms with van der Waals surface area (Å²) in [6.07, 6.45) is 0. The van der Waals surface area contributed by atoms with Crippen molar-refractivity contribution in [2.24, 2.45) is 0 Å². The lowest BCUT2D eigenvalue weighted by Crippen LogP contribution is -2.01. The minimum Gasteiger partial charge on any atom is -0.455 e. The van der Waals surface area contributed by atoms with Crippen molar-refractivity contribution in [1.82, 2.24) is 19.5 Å². The molecular formula is C57H34N4OS. The van der Waals surface area contributed by atoms with Crippen molar-refractivity contribution < 1.29 is 11.3 Å². The Kier molecular flexibility index (Phi) is 6.94. The molecule has 294 valence electrons. The highest BCUT2D eigenvalue weighted by molar-refractivity contribution is 7.26. The third kappa shape index (κ3) is 5.80. The Morgan fingerprint density at radius 2 is 1.08 bits per heavy atom. The highest BCUT2D eigenvalue weighted by atomic mass is 32.1. The molecule has 0 spiro atoms. The maximum absolute atomic E-state index is 8.75. The maximum atomic E-state index is 8.75. The lowest BCUT2D eigenvalue weighted by atomic mass is 10.0. The molecule has 0 radical (unpaired) electrons. The van der Waals surface area contributed by atoms with Gasteiger partial charge < -0.3 is 8.98 Å². The molecule has 6 heteroatoms. The first-order chi connectivity index (χ1) is 33.3. The van der Waals surface area contributed by atoms with Gasteiger partial charge in [0.05, 0.1) is 23.5 Å². The summed E-state index contributed by atoms with van der Waals surface area (Å²) < 4.78 is 54.1. The van der Waals surface area contributed by atoms with Crippen molar-refractivity contribution in [1.29, 1.82) is 0 Å². The van der Waals surface area contributed by atoms with E-state index in [-0.39, 0.29) is 17.6 Å². The van der Waals surface area contributed by atoms with Crippen LogP contribution in [0.4, 0.5) is 0 Å². The van der Waals surface area contributed by atoms with E-state index in [0.717, 1.165) is 60.5 Å². The van der Waals surface area contributed by atoms with E-state index < -0.39 is 18.1 Å². The minimum atomic E-state index is -0.442. The standard InChI is InChI=1S/C57H34N4OS/c1-3-15-35(16-4-1)37-29-30-44-47-33-40(61-49-26-10-7-21-42(49)43-22-8-11-27-50(43)61)34-48(53(47)62-51(44)32-37)57-59-55(36-17-5-2-6-18-36)58-56(60-57)39-20-13-19-38(31-39)41-24-14-25-46-45-23-9-12-28-52(45)63-54(41)46/h1-34H/i1D,3D,4D,15D,16D. The average Bonchev–Trinajstić information content (AvgIpc) is 4.07. The van der Waals surface area contributed by atoms with E-state index in [2.05, 4.69) is 114 Å². The van der Waals surface area contributed by atoms with Crippen LogP contribution >= 0.6 is 11.3 Å². The van der Waals surface area contributed by atoms with Crippen LogP contribution in [0.5, 0.6) is 0 Å². The number of thiophene rings is 1. The molecule has 4 heterocycles. The van der Waals surface area contributed by atoms with Gasteiger partial charge in [-0.25, -0.2) is 15.0 Å². The molecule has 63 heavy (non-hydrogen) atoms. The van der Waals surface area contributed by atoms with Gasteiger partial charge in [-0.2, -0.15) is 0 Å². The fourth-order valence-electron chi connectivity index (χ4n) is 9.05. The topological polar surface area (TPSA) is 56.7 Å². The van der Waals surface area contributed by atoms with E-state index in [1.807, 2.05) is 54.6 Å². The number of fused-ring (bicyclic) bond motifs is 9. The van der Waals surface area contributed by atoms with E-state index in [9.17, 15) is 0 Å². The second-order valence-corrected chi connectivity index (χ2v) is 16.6. The van der Waals surface area contributed by atoms with Crippen LogP contribution in [0.2, 0.25) is 0 Å². The molecule has 4 aromatic heterocycles. The summed E-state index contributed by atoms with van der Waals surface area (Å²) in [6.45, 7) is 0. The number of hydrogen-bond donors (Lipinski definition) is 0. The highest BCUT2D eigenvalue weighted by Crippen LogP contribution is 2.43. The minimum absolute atomic E-state index is 0.102. The zero-order valence-corrected chi connectivity index (χ0v) is 34.2. The third-order valence-corrected chi connectivity index (χ3v) is 13.1. The van der Waals surface area contributed by atoms with Crippen LogP contribution in [-0.2, 0) is 0 Å². The lowest BCUT2D eigenvalue weighted by molar-refractivity contribution is 0.669. The monoisotopic (exact) mass is 827 g/mol. The predicted molar refractivity (Wildman–Crippen MR) is 262 cm³/mol. The summed E-state index contributed by atoms with van der Waals surface area (Å²) in [5, 5.41) is 6.27. The van der Waals surface area contributed by atoms with Gasteiger partial charge in [-0.15, -0.1) is 11.3 Å². The van der Waals surface area contributed by atoms with E-state index in [1.54, 1.807) is 23.5 Å². The van der Waals surface area contributed by atoms with Crippen molar-refractivity contribution in [3.05, 3.63) is 206 Å². The van der Waals surface area contributed by atoms with E-state index >= 15 is 0 Å². The van der Waals surface area contributed by atoms with E-state index in [4.69, 9.17) is 26.2 Å². The van der Waals surface area contributed by atoms with Crippen LogP contribution < -0.4 is 0 Å². The summed E-state index contributed by atoms with van der Waals surface area (Å²) in [5.74, 6) is 1.40. The third-order valence-electron chi connectivity index (χ3n) is 11.9.